The van der Waals surface area contributed by atoms with Gasteiger partial charge < -0.3 is 4.55 Å². The second-order valence-electron chi connectivity index (χ2n) is 3.56. The number of benzene rings is 1. The summed E-state index contributed by atoms with van der Waals surface area (Å²) in [6, 6.07) is 2.47. The highest BCUT2D eigenvalue weighted by molar-refractivity contribution is 7.76. The molecule has 0 aliphatic rings. The summed E-state index contributed by atoms with van der Waals surface area (Å²) >= 11 is -2.77. The van der Waals surface area contributed by atoms with E-state index >= 15 is 0 Å². The van der Waals surface area contributed by atoms with E-state index in [1.165, 1.54) is 0 Å². The third-order valence-electron chi connectivity index (χ3n) is 2.29. The SMILES string of the molecule is CN(Cc1c([N+](=O)[O-])cccc1C(F)(F)F)S(=O)[O-]. The zero-order valence-electron chi connectivity index (χ0n) is 9.51. The molecular weight excluding hydrogens is 289 g/mol. The van der Waals surface area contributed by atoms with Crippen LogP contribution >= 0.6 is 0 Å². The molecule has 0 fully saturated rings. The fraction of sp³-hybridized carbons (Fsp3) is 0.333. The highest BCUT2D eigenvalue weighted by Crippen LogP contribution is 2.36. The van der Waals surface area contributed by atoms with Gasteiger partial charge in [-0.1, -0.05) is 6.07 Å². The van der Waals surface area contributed by atoms with Crippen LogP contribution in [0.1, 0.15) is 11.1 Å². The average Bonchev–Trinajstić information content (AvgIpc) is 2.27. The summed E-state index contributed by atoms with van der Waals surface area (Å²) in [4.78, 5) is 9.74. The van der Waals surface area contributed by atoms with E-state index < -0.39 is 45.7 Å². The lowest BCUT2D eigenvalue weighted by molar-refractivity contribution is -0.385. The number of hydrogen-bond donors (Lipinski definition) is 0. The lowest BCUT2D eigenvalue weighted by Crippen LogP contribution is -2.23. The number of nitro groups is 1. The van der Waals surface area contributed by atoms with Crippen molar-refractivity contribution in [2.45, 2.75) is 12.7 Å². The van der Waals surface area contributed by atoms with Crippen LogP contribution in [0.3, 0.4) is 0 Å². The maximum Gasteiger partial charge on any atom is 0.416 e. The van der Waals surface area contributed by atoms with E-state index in [-0.39, 0.29) is 0 Å². The number of halogens is 3. The first-order chi connectivity index (χ1) is 8.64. The molecule has 0 N–H and O–H groups in total. The minimum Gasteiger partial charge on any atom is -0.760 e. The molecule has 6 nitrogen and oxygen atoms in total. The number of rotatable bonds is 4. The molecule has 0 heterocycles. The van der Waals surface area contributed by atoms with Gasteiger partial charge in [-0.05, 0) is 13.1 Å². The summed E-state index contributed by atoms with van der Waals surface area (Å²) in [6.45, 7) is -0.734. The molecule has 1 atom stereocenters. The van der Waals surface area contributed by atoms with Crippen LogP contribution in [-0.4, -0.2) is 25.0 Å². The van der Waals surface area contributed by atoms with Crippen LogP contribution in [0.4, 0.5) is 18.9 Å². The Morgan fingerprint density at radius 1 is 1.42 bits per heavy atom. The Morgan fingerprint density at radius 3 is 2.42 bits per heavy atom. The van der Waals surface area contributed by atoms with Gasteiger partial charge in [0.15, 0.2) is 0 Å². The molecule has 1 rings (SSSR count). The molecule has 0 aliphatic carbocycles. The van der Waals surface area contributed by atoms with Crippen molar-refractivity contribution in [2.24, 2.45) is 0 Å². The van der Waals surface area contributed by atoms with Gasteiger partial charge in [0.2, 0.25) is 0 Å². The highest BCUT2D eigenvalue weighted by Gasteiger charge is 2.36. The first-order valence-electron chi connectivity index (χ1n) is 4.78. The van der Waals surface area contributed by atoms with E-state index in [4.69, 9.17) is 0 Å². The predicted molar refractivity (Wildman–Crippen MR) is 58.5 cm³/mol. The minimum absolute atomic E-state index is 0.539. The predicted octanol–water partition coefficient (Wildman–Crippen LogP) is 1.84. The van der Waals surface area contributed by atoms with Crippen LogP contribution in [0.2, 0.25) is 0 Å². The van der Waals surface area contributed by atoms with Crippen LogP contribution in [0.25, 0.3) is 0 Å². The molecule has 0 amide bonds. The zero-order chi connectivity index (χ0) is 14.8. The van der Waals surface area contributed by atoms with E-state index in [0.29, 0.717) is 10.4 Å². The average molecular weight is 297 g/mol. The summed E-state index contributed by atoms with van der Waals surface area (Å²) in [5.74, 6) is 0. The summed E-state index contributed by atoms with van der Waals surface area (Å²) in [7, 11) is 1.01. The van der Waals surface area contributed by atoms with Crippen LogP contribution in [-0.2, 0) is 24.0 Å². The second kappa shape index (κ2) is 5.63. The molecule has 1 aromatic carbocycles. The summed E-state index contributed by atoms with van der Waals surface area (Å²) in [5, 5.41) is 10.7. The van der Waals surface area contributed by atoms with Crippen molar-refractivity contribution in [3.63, 3.8) is 0 Å². The summed E-state index contributed by atoms with van der Waals surface area (Å²) in [6.07, 6.45) is -4.80. The maximum atomic E-state index is 12.7. The number of alkyl halides is 3. The normalized spacial score (nSPS) is 13.6. The van der Waals surface area contributed by atoms with Crippen molar-refractivity contribution in [1.82, 2.24) is 4.31 Å². The van der Waals surface area contributed by atoms with Gasteiger partial charge in [0, 0.05) is 23.9 Å². The van der Waals surface area contributed by atoms with Gasteiger partial charge in [0.05, 0.1) is 16.1 Å². The number of nitro benzene ring substituents is 1. The van der Waals surface area contributed by atoms with Crippen molar-refractivity contribution in [3.05, 3.63) is 39.4 Å². The van der Waals surface area contributed by atoms with Gasteiger partial charge in [0.1, 0.15) is 0 Å². The summed E-state index contributed by atoms with van der Waals surface area (Å²) in [5.41, 5.74) is -2.68. The molecule has 106 valence electrons. The molecule has 1 unspecified atom stereocenters. The molecular formula is C9H8F3N2O4S-. The van der Waals surface area contributed by atoms with Gasteiger partial charge in [-0.15, -0.1) is 0 Å². The van der Waals surface area contributed by atoms with Crippen LogP contribution in [0.15, 0.2) is 18.2 Å². The lowest BCUT2D eigenvalue weighted by atomic mass is 10.0. The Labute approximate surface area is 108 Å². The minimum atomic E-state index is -4.80. The smallest absolute Gasteiger partial charge is 0.416 e. The third-order valence-corrected chi connectivity index (χ3v) is 2.93. The van der Waals surface area contributed by atoms with E-state index in [1.54, 1.807) is 0 Å². The molecule has 10 heteroatoms. The largest absolute Gasteiger partial charge is 0.760 e. The van der Waals surface area contributed by atoms with Crippen LogP contribution in [0, 0.1) is 10.1 Å². The number of nitrogens with zero attached hydrogens (tertiary/aromatic N) is 2. The van der Waals surface area contributed by atoms with Crippen LogP contribution < -0.4 is 0 Å². The summed E-state index contributed by atoms with van der Waals surface area (Å²) < 4.78 is 60.0. The highest BCUT2D eigenvalue weighted by atomic mass is 32.2. The van der Waals surface area contributed by atoms with Crippen molar-refractivity contribution < 1.29 is 26.9 Å². The lowest BCUT2D eigenvalue weighted by Gasteiger charge is -2.21. The van der Waals surface area contributed by atoms with Gasteiger partial charge in [-0.2, -0.15) is 13.2 Å². The maximum absolute atomic E-state index is 12.7. The Morgan fingerprint density at radius 2 is 2.00 bits per heavy atom. The van der Waals surface area contributed by atoms with Crippen molar-refractivity contribution in [2.75, 3.05) is 7.05 Å². The van der Waals surface area contributed by atoms with E-state index in [2.05, 4.69) is 0 Å². The van der Waals surface area contributed by atoms with Gasteiger partial charge in [-0.25, -0.2) is 4.31 Å². The van der Waals surface area contributed by atoms with E-state index in [1.807, 2.05) is 0 Å². The molecule has 1 aromatic rings. The molecule has 0 saturated heterocycles. The monoisotopic (exact) mass is 297 g/mol. The van der Waals surface area contributed by atoms with Gasteiger partial charge >= 0.3 is 6.18 Å². The quantitative estimate of drug-likeness (QED) is 0.482. The molecule has 0 radical (unpaired) electrons. The van der Waals surface area contributed by atoms with Gasteiger partial charge in [0.25, 0.3) is 5.69 Å². The molecule has 0 saturated carbocycles. The Kier molecular flexibility index (Phi) is 4.61. The fourth-order valence-electron chi connectivity index (χ4n) is 1.45. The second-order valence-corrected chi connectivity index (χ2v) is 4.62. The molecule has 0 aliphatic heterocycles. The van der Waals surface area contributed by atoms with Crippen molar-refractivity contribution in [1.29, 1.82) is 0 Å². The molecule has 19 heavy (non-hydrogen) atoms. The molecule has 0 spiro atoms. The Balaban J connectivity index is 3.38. The molecule has 0 aromatic heterocycles. The number of hydrogen-bond acceptors (Lipinski definition) is 4. The Hall–Kier alpha value is -1.52. The van der Waals surface area contributed by atoms with Crippen molar-refractivity contribution in [3.8, 4) is 0 Å². The fourth-order valence-corrected chi connectivity index (χ4v) is 1.69. The molecule has 0 bridgehead atoms. The van der Waals surface area contributed by atoms with E-state index in [9.17, 15) is 32.0 Å². The first-order valence-corrected chi connectivity index (χ1v) is 5.81. The van der Waals surface area contributed by atoms with Crippen LogP contribution in [0.5, 0.6) is 0 Å². The Bertz CT molecular complexity index is 521. The topological polar surface area (TPSA) is 86.5 Å². The zero-order valence-corrected chi connectivity index (χ0v) is 10.3. The first kappa shape index (κ1) is 15.5. The van der Waals surface area contributed by atoms with Gasteiger partial charge in [-0.3, -0.25) is 14.3 Å². The third kappa shape index (κ3) is 3.72. The van der Waals surface area contributed by atoms with E-state index in [0.717, 1.165) is 19.2 Å². The van der Waals surface area contributed by atoms with Crippen molar-refractivity contribution >= 4 is 17.0 Å². The standard InChI is InChI=1S/C9H9F3N2O4S/c1-13(19(17)18)5-6-7(9(10,11)12)3-2-4-8(6)14(15)16/h2-4H,5H2,1H3,(H,17,18)/p-1.